The van der Waals surface area contributed by atoms with Crippen molar-refractivity contribution >= 4 is 17.6 Å². The lowest BCUT2D eigenvalue weighted by Gasteiger charge is -2.14. The number of methoxy groups -OCH3 is 1. The molecule has 1 aliphatic rings. The van der Waals surface area contributed by atoms with Crippen molar-refractivity contribution in [3.8, 4) is 0 Å². The Morgan fingerprint density at radius 1 is 1.47 bits per heavy atom. The minimum Gasteiger partial charge on any atom is -0.469 e. The van der Waals surface area contributed by atoms with Crippen LogP contribution in [0.4, 0.5) is 5.69 Å². The average Bonchev–Trinajstić information content (AvgIpc) is 2.93. The molecule has 1 aromatic rings. The van der Waals surface area contributed by atoms with Crippen molar-refractivity contribution < 1.29 is 14.3 Å². The van der Waals surface area contributed by atoms with E-state index in [1.165, 1.54) is 7.11 Å². The molecule has 3 N–H and O–H groups in total. The van der Waals surface area contributed by atoms with E-state index >= 15 is 0 Å². The number of aromatic amines is 1. The summed E-state index contributed by atoms with van der Waals surface area (Å²) in [5.41, 5.74) is 7.04. The molecular formula is C12H18N4O3. The van der Waals surface area contributed by atoms with Crippen LogP contribution in [0.5, 0.6) is 0 Å². The number of carbonyl (C=O) groups excluding carboxylic acids is 2. The molecule has 1 aliphatic heterocycles. The first kappa shape index (κ1) is 13.4. The van der Waals surface area contributed by atoms with E-state index in [4.69, 9.17) is 10.5 Å². The molecule has 2 rings (SSSR count). The summed E-state index contributed by atoms with van der Waals surface area (Å²) >= 11 is 0. The van der Waals surface area contributed by atoms with Gasteiger partial charge in [-0.2, -0.15) is 5.10 Å². The molecule has 0 radical (unpaired) electrons. The van der Waals surface area contributed by atoms with Gasteiger partial charge in [0, 0.05) is 13.1 Å². The normalized spacial score (nSPS) is 22.6. The molecule has 2 heterocycles. The minimum absolute atomic E-state index is 0.0673. The third-order valence-electron chi connectivity index (χ3n) is 3.60. The number of amides is 1. The van der Waals surface area contributed by atoms with Crippen LogP contribution in [0.25, 0.3) is 0 Å². The van der Waals surface area contributed by atoms with Gasteiger partial charge in [-0.1, -0.05) is 6.92 Å². The van der Waals surface area contributed by atoms with Crippen LogP contribution in [-0.2, 0) is 9.53 Å². The van der Waals surface area contributed by atoms with E-state index in [1.54, 1.807) is 11.8 Å². The first-order chi connectivity index (χ1) is 8.95. The maximum absolute atomic E-state index is 12.3. The van der Waals surface area contributed by atoms with Crippen molar-refractivity contribution in [3.63, 3.8) is 0 Å². The summed E-state index contributed by atoms with van der Waals surface area (Å²) < 4.78 is 4.74. The summed E-state index contributed by atoms with van der Waals surface area (Å²) in [5.74, 6) is -0.748. The van der Waals surface area contributed by atoms with Crippen molar-refractivity contribution in [3.05, 3.63) is 11.4 Å². The zero-order chi connectivity index (χ0) is 14.2. The van der Waals surface area contributed by atoms with Crippen LogP contribution in [0, 0.1) is 18.8 Å². The van der Waals surface area contributed by atoms with Crippen molar-refractivity contribution in [2.24, 2.45) is 11.8 Å². The van der Waals surface area contributed by atoms with E-state index in [0.717, 1.165) is 0 Å². The van der Waals surface area contributed by atoms with Gasteiger partial charge in [-0.05, 0) is 12.8 Å². The molecule has 19 heavy (non-hydrogen) atoms. The zero-order valence-corrected chi connectivity index (χ0v) is 11.3. The van der Waals surface area contributed by atoms with Crippen LogP contribution in [0.3, 0.4) is 0 Å². The van der Waals surface area contributed by atoms with E-state index in [9.17, 15) is 9.59 Å². The van der Waals surface area contributed by atoms with Crippen LogP contribution in [0.1, 0.15) is 23.1 Å². The molecule has 104 valence electrons. The number of H-pyrrole nitrogens is 1. The smallest absolute Gasteiger partial charge is 0.310 e. The number of hydrogen-bond donors (Lipinski definition) is 2. The molecule has 1 saturated heterocycles. The number of carbonyl (C=O) groups is 2. The summed E-state index contributed by atoms with van der Waals surface area (Å²) in [7, 11) is 1.36. The van der Waals surface area contributed by atoms with Gasteiger partial charge in [-0.25, -0.2) is 0 Å². The number of ether oxygens (including phenoxy) is 1. The fourth-order valence-electron chi connectivity index (χ4n) is 2.34. The number of nitrogens with zero attached hydrogens (tertiary/aromatic N) is 2. The number of hydrogen-bond acceptors (Lipinski definition) is 5. The van der Waals surface area contributed by atoms with Gasteiger partial charge >= 0.3 is 5.97 Å². The standard InChI is InChI=1S/C12H18N4O3/c1-6-4-16(5-8(6)12(18)19-3)11(17)10-9(13)7(2)14-15-10/h6,8H,4-5,13H2,1-3H3,(H,14,15). The van der Waals surface area contributed by atoms with Crippen molar-refractivity contribution in [2.75, 3.05) is 25.9 Å². The predicted molar refractivity (Wildman–Crippen MR) is 68.3 cm³/mol. The van der Waals surface area contributed by atoms with E-state index in [2.05, 4.69) is 10.2 Å². The monoisotopic (exact) mass is 266 g/mol. The van der Waals surface area contributed by atoms with Gasteiger partial charge in [-0.15, -0.1) is 0 Å². The number of esters is 1. The Hall–Kier alpha value is -2.05. The summed E-state index contributed by atoms with van der Waals surface area (Å²) in [5, 5.41) is 6.60. The number of anilines is 1. The molecule has 2 atom stereocenters. The maximum atomic E-state index is 12.3. The first-order valence-electron chi connectivity index (χ1n) is 6.13. The fourth-order valence-corrected chi connectivity index (χ4v) is 2.34. The second-order valence-corrected chi connectivity index (χ2v) is 4.93. The Kier molecular flexibility index (Phi) is 3.46. The van der Waals surface area contributed by atoms with Gasteiger partial charge in [0.05, 0.1) is 24.4 Å². The maximum Gasteiger partial charge on any atom is 0.310 e. The molecule has 1 aromatic heterocycles. The third kappa shape index (κ3) is 2.27. The predicted octanol–water partition coefficient (Wildman–Crippen LogP) is 0.181. The minimum atomic E-state index is -0.283. The molecule has 7 heteroatoms. The van der Waals surface area contributed by atoms with Crippen LogP contribution in [0.15, 0.2) is 0 Å². The van der Waals surface area contributed by atoms with Crippen molar-refractivity contribution in [2.45, 2.75) is 13.8 Å². The highest BCUT2D eigenvalue weighted by molar-refractivity contribution is 5.98. The summed E-state index contributed by atoms with van der Waals surface area (Å²) in [6.07, 6.45) is 0. The zero-order valence-electron chi connectivity index (χ0n) is 11.3. The fraction of sp³-hybridized carbons (Fsp3) is 0.583. The highest BCUT2D eigenvalue weighted by Gasteiger charge is 2.38. The van der Waals surface area contributed by atoms with E-state index in [-0.39, 0.29) is 29.4 Å². The van der Waals surface area contributed by atoms with E-state index < -0.39 is 0 Å². The molecule has 0 aliphatic carbocycles. The van der Waals surface area contributed by atoms with Crippen LogP contribution in [-0.4, -0.2) is 47.2 Å². The van der Waals surface area contributed by atoms with Crippen molar-refractivity contribution in [1.82, 2.24) is 15.1 Å². The van der Waals surface area contributed by atoms with Crippen LogP contribution >= 0.6 is 0 Å². The second-order valence-electron chi connectivity index (χ2n) is 4.93. The van der Waals surface area contributed by atoms with Gasteiger partial charge in [0.15, 0.2) is 5.69 Å². The lowest BCUT2D eigenvalue weighted by molar-refractivity contribution is -0.146. The van der Waals surface area contributed by atoms with Crippen molar-refractivity contribution in [1.29, 1.82) is 0 Å². The first-order valence-corrected chi connectivity index (χ1v) is 6.13. The number of likely N-dealkylation sites (tertiary alicyclic amines) is 1. The highest BCUT2D eigenvalue weighted by Crippen LogP contribution is 2.26. The van der Waals surface area contributed by atoms with Gasteiger partial charge in [0.25, 0.3) is 5.91 Å². The SMILES string of the molecule is COC(=O)C1CN(C(=O)c2n[nH]c(C)c2N)CC1C. The topological polar surface area (TPSA) is 101 Å². The van der Waals surface area contributed by atoms with Crippen LogP contribution in [0.2, 0.25) is 0 Å². The van der Waals surface area contributed by atoms with Gasteiger partial charge in [0.2, 0.25) is 0 Å². The Morgan fingerprint density at radius 2 is 2.16 bits per heavy atom. The summed E-state index contributed by atoms with van der Waals surface area (Å²) in [6.45, 7) is 4.53. The average molecular weight is 266 g/mol. The number of rotatable bonds is 2. The van der Waals surface area contributed by atoms with E-state index in [0.29, 0.717) is 24.5 Å². The Bertz CT molecular complexity index is 511. The quantitative estimate of drug-likeness (QED) is 0.744. The third-order valence-corrected chi connectivity index (χ3v) is 3.60. The molecule has 0 bridgehead atoms. The molecule has 1 fully saturated rings. The Morgan fingerprint density at radius 3 is 2.68 bits per heavy atom. The molecule has 1 amide bonds. The molecular weight excluding hydrogens is 248 g/mol. The molecule has 7 nitrogen and oxygen atoms in total. The van der Waals surface area contributed by atoms with Gasteiger partial charge in [0.1, 0.15) is 0 Å². The molecule has 0 saturated carbocycles. The summed E-state index contributed by atoms with van der Waals surface area (Å²) in [4.78, 5) is 25.5. The van der Waals surface area contributed by atoms with Gasteiger partial charge < -0.3 is 15.4 Å². The molecule has 0 aromatic carbocycles. The number of aryl methyl sites for hydroxylation is 1. The highest BCUT2D eigenvalue weighted by atomic mass is 16.5. The second kappa shape index (κ2) is 4.91. The van der Waals surface area contributed by atoms with Gasteiger partial charge in [-0.3, -0.25) is 14.7 Å². The number of nitrogens with two attached hydrogens (primary N) is 1. The molecule has 0 spiro atoms. The lowest BCUT2D eigenvalue weighted by atomic mass is 9.99. The Labute approximate surface area is 111 Å². The number of nitrogen functional groups attached to an aromatic ring is 1. The molecule has 2 unspecified atom stereocenters. The summed E-state index contributed by atoms with van der Waals surface area (Å²) in [6, 6.07) is 0. The largest absolute Gasteiger partial charge is 0.469 e. The van der Waals surface area contributed by atoms with E-state index in [1.807, 2.05) is 6.92 Å². The van der Waals surface area contributed by atoms with Crippen LogP contribution < -0.4 is 5.73 Å². The lowest BCUT2D eigenvalue weighted by Crippen LogP contribution is -2.31. The Balaban J connectivity index is 2.14. The number of nitrogens with one attached hydrogen (secondary N) is 1. The number of aromatic nitrogens is 2.